The SMILES string of the molecule is CC(C)(C)OC(=O)c1cc(Cl)c(OC[C@H]2CCCNC2)cc1F. The fraction of sp³-hybridized carbons (Fsp3) is 0.588. The molecule has 4 nitrogen and oxygen atoms in total. The molecular weight excluding hydrogens is 321 g/mol. The molecule has 0 bridgehead atoms. The van der Waals surface area contributed by atoms with Gasteiger partial charge in [-0.05, 0) is 46.2 Å². The van der Waals surface area contributed by atoms with E-state index >= 15 is 0 Å². The number of nitrogens with one attached hydrogen (secondary N) is 1. The van der Waals surface area contributed by atoms with Gasteiger partial charge in [0.25, 0.3) is 0 Å². The van der Waals surface area contributed by atoms with Gasteiger partial charge < -0.3 is 14.8 Å². The molecule has 0 spiro atoms. The van der Waals surface area contributed by atoms with Crippen LogP contribution in [0.2, 0.25) is 5.02 Å². The summed E-state index contributed by atoms with van der Waals surface area (Å²) in [5, 5.41) is 3.50. The van der Waals surface area contributed by atoms with Crippen LogP contribution in [0.3, 0.4) is 0 Å². The van der Waals surface area contributed by atoms with Crippen molar-refractivity contribution in [3.8, 4) is 5.75 Å². The number of esters is 1. The number of hydrogen-bond acceptors (Lipinski definition) is 4. The first-order chi connectivity index (χ1) is 10.8. The van der Waals surface area contributed by atoms with Crippen LogP contribution < -0.4 is 10.1 Å². The number of ether oxygens (including phenoxy) is 2. The van der Waals surface area contributed by atoms with Gasteiger partial charge >= 0.3 is 5.97 Å². The van der Waals surface area contributed by atoms with E-state index in [1.54, 1.807) is 20.8 Å². The van der Waals surface area contributed by atoms with Gasteiger partial charge in [-0.15, -0.1) is 0 Å². The molecule has 0 amide bonds. The Morgan fingerprint density at radius 1 is 1.43 bits per heavy atom. The summed E-state index contributed by atoms with van der Waals surface area (Å²) < 4.78 is 25.0. The summed E-state index contributed by atoms with van der Waals surface area (Å²) in [5.41, 5.74) is -0.879. The minimum atomic E-state index is -0.736. The smallest absolute Gasteiger partial charge is 0.341 e. The molecule has 128 valence electrons. The van der Waals surface area contributed by atoms with Gasteiger partial charge in [0.15, 0.2) is 0 Å². The van der Waals surface area contributed by atoms with Crippen LogP contribution in [0, 0.1) is 11.7 Å². The lowest BCUT2D eigenvalue weighted by Gasteiger charge is -2.23. The molecule has 1 N–H and O–H groups in total. The normalized spacial score (nSPS) is 18.6. The second-order valence-electron chi connectivity index (χ2n) is 6.79. The fourth-order valence-electron chi connectivity index (χ4n) is 2.40. The first kappa shape index (κ1) is 18.0. The number of piperidine rings is 1. The maximum atomic E-state index is 14.2. The van der Waals surface area contributed by atoms with E-state index in [0.29, 0.717) is 12.5 Å². The van der Waals surface area contributed by atoms with E-state index in [0.717, 1.165) is 32.0 Å². The zero-order chi connectivity index (χ0) is 17.0. The standard InChI is InChI=1S/C17H23ClFNO3/c1-17(2,3)23-16(21)12-7-13(18)15(8-14(12)19)22-10-11-5-4-6-20-9-11/h7-8,11,20H,4-6,9-10H2,1-3H3/t11-/m0/s1. The van der Waals surface area contributed by atoms with Gasteiger partial charge in [-0.2, -0.15) is 0 Å². The molecule has 1 atom stereocenters. The zero-order valence-electron chi connectivity index (χ0n) is 13.7. The Hall–Kier alpha value is -1.33. The molecule has 1 aliphatic heterocycles. The summed E-state index contributed by atoms with van der Waals surface area (Å²) in [4.78, 5) is 12.0. The highest BCUT2D eigenvalue weighted by Crippen LogP contribution is 2.29. The van der Waals surface area contributed by atoms with Crippen LogP contribution in [0.1, 0.15) is 44.0 Å². The van der Waals surface area contributed by atoms with Gasteiger partial charge in [0, 0.05) is 18.5 Å². The molecule has 0 aliphatic carbocycles. The Bertz CT molecular complexity index is 566. The summed E-state index contributed by atoms with van der Waals surface area (Å²) >= 11 is 6.12. The second kappa shape index (κ2) is 7.49. The van der Waals surface area contributed by atoms with Crippen molar-refractivity contribution in [1.82, 2.24) is 5.32 Å². The zero-order valence-corrected chi connectivity index (χ0v) is 14.5. The van der Waals surface area contributed by atoms with Gasteiger partial charge in [0.2, 0.25) is 0 Å². The van der Waals surface area contributed by atoms with Crippen molar-refractivity contribution in [2.24, 2.45) is 5.92 Å². The molecule has 1 aromatic rings. The fourth-order valence-corrected chi connectivity index (χ4v) is 2.62. The highest BCUT2D eigenvalue weighted by molar-refractivity contribution is 6.32. The van der Waals surface area contributed by atoms with Crippen LogP contribution in [0.4, 0.5) is 4.39 Å². The van der Waals surface area contributed by atoms with Crippen molar-refractivity contribution in [3.05, 3.63) is 28.5 Å². The number of rotatable bonds is 4. The highest BCUT2D eigenvalue weighted by atomic mass is 35.5. The third-order valence-corrected chi connectivity index (χ3v) is 3.81. The number of carbonyl (C=O) groups is 1. The third-order valence-electron chi connectivity index (χ3n) is 3.51. The quantitative estimate of drug-likeness (QED) is 0.844. The summed E-state index contributed by atoms with van der Waals surface area (Å²) in [5.74, 6) is -0.796. The number of benzene rings is 1. The van der Waals surface area contributed by atoms with Crippen LogP contribution >= 0.6 is 11.6 Å². The highest BCUT2D eigenvalue weighted by Gasteiger charge is 2.23. The Labute approximate surface area is 141 Å². The van der Waals surface area contributed by atoms with Crippen LogP contribution in [0.15, 0.2) is 12.1 Å². The monoisotopic (exact) mass is 343 g/mol. The summed E-state index contributed by atoms with van der Waals surface area (Å²) in [6.45, 7) is 7.55. The van der Waals surface area contributed by atoms with Crippen LogP contribution in [-0.2, 0) is 4.74 Å². The van der Waals surface area contributed by atoms with E-state index in [4.69, 9.17) is 21.1 Å². The van der Waals surface area contributed by atoms with Gasteiger partial charge in [-0.1, -0.05) is 11.6 Å². The molecule has 0 aromatic heterocycles. The number of halogens is 2. The predicted molar refractivity (Wildman–Crippen MR) is 87.7 cm³/mol. The van der Waals surface area contributed by atoms with Crippen molar-refractivity contribution < 1.29 is 18.7 Å². The molecular formula is C17H23ClFNO3. The maximum Gasteiger partial charge on any atom is 0.341 e. The lowest BCUT2D eigenvalue weighted by Crippen LogP contribution is -2.33. The van der Waals surface area contributed by atoms with E-state index in [2.05, 4.69) is 5.32 Å². The van der Waals surface area contributed by atoms with E-state index in [1.807, 2.05) is 0 Å². The minimum absolute atomic E-state index is 0.184. The largest absolute Gasteiger partial charge is 0.492 e. The number of carbonyl (C=O) groups excluding carboxylic acids is 1. The van der Waals surface area contributed by atoms with Crippen LogP contribution in [-0.4, -0.2) is 31.3 Å². The molecule has 23 heavy (non-hydrogen) atoms. The van der Waals surface area contributed by atoms with E-state index in [1.165, 1.54) is 6.07 Å². The summed E-state index contributed by atoms with van der Waals surface area (Å²) in [6.07, 6.45) is 2.18. The molecule has 1 aromatic carbocycles. The molecule has 6 heteroatoms. The van der Waals surface area contributed by atoms with Crippen molar-refractivity contribution in [1.29, 1.82) is 0 Å². The van der Waals surface area contributed by atoms with Gasteiger partial charge in [0.1, 0.15) is 17.2 Å². The van der Waals surface area contributed by atoms with Crippen LogP contribution in [0.25, 0.3) is 0 Å². The second-order valence-corrected chi connectivity index (χ2v) is 7.19. The van der Waals surface area contributed by atoms with Crippen molar-refractivity contribution in [2.45, 2.75) is 39.2 Å². The number of hydrogen-bond donors (Lipinski definition) is 1. The van der Waals surface area contributed by atoms with E-state index < -0.39 is 17.4 Å². The average molecular weight is 344 g/mol. The van der Waals surface area contributed by atoms with Crippen molar-refractivity contribution >= 4 is 17.6 Å². The van der Waals surface area contributed by atoms with Crippen LogP contribution in [0.5, 0.6) is 5.75 Å². The van der Waals surface area contributed by atoms with Gasteiger partial charge in [-0.3, -0.25) is 0 Å². The topological polar surface area (TPSA) is 47.6 Å². The predicted octanol–water partition coefficient (Wildman–Crippen LogP) is 3.81. The Morgan fingerprint density at radius 2 is 2.17 bits per heavy atom. The molecule has 1 heterocycles. The van der Waals surface area contributed by atoms with Crippen molar-refractivity contribution in [2.75, 3.05) is 19.7 Å². The maximum absolute atomic E-state index is 14.2. The lowest BCUT2D eigenvalue weighted by molar-refractivity contribution is 0.00646. The molecule has 2 rings (SSSR count). The Kier molecular flexibility index (Phi) is 5.87. The van der Waals surface area contributed by atoms with E-state index in [9.17, 15) is 9.18 Å². The minimum Gasteiger partial charge on any atom is -0.492 e. The molecule has 1 saturated heterocycles. The third kappa shape index (κ3) is 5.36. The molecule has 0 saturated carbocycles. The van der Waals surface area contributed by atoms with Crippen molar-refractivity contribution in [3.63, 3.8) is 0 Å². The lowest BCUT2D eigenvalue weighted by atomic mass is 10.0. The first-order valence-electron chi connectivity index (χ1n) is 7.82. The first-order valence-corrected chi connectivity index (χ1v) is 8.20. The van der Waals surface area contributed by atoms with E-state index in [-0.39, 0.29) is 16.3 Å². The Balaban J connectivity index is 2.05. The molecule has 0 radical (unpaired) electrons. The molecule has 1 fully saturated rings. The summed E-state index contributed by atoms with van der Waals surface area (Å²) in [7, 11) is 0. The average Bonchev–Trinajstić information content (AvgIpc) is 2.47. The Morgan fingerprint density at radius 3 is 2.78 bits per heavy atom. The summed E-state index contributed by atoms with van der Waals surface area (Å²) in [6, 6.07) is 2.41. The van der Waals surface area contributed by atoms with Gasteiger partial charge in [-0.25, -0.2) is 9.18 Å². The van der Waals surface area contributed by atoms with Gasteiger partial charge in [0.05, 0.1) is 17.2 Å². The molecule has 1 aliphatic rings. The molecule has 0 unspecified atom stereocenters.